The summed E-state index contributed by atoms with van der Waals surface area (Å²) in [6.07, 6.45) is 8.63. The summed E-state index contributed by atoms with van der Waals surface area (Å²) >= 11 is 0. The van der Waals surface area contributed by atoms with Crippen molar-refractivity contribution in [3.05, 3.63) is 40.6 Å². The summed E-state index contributed by atoms with van der Waals surface area (Å²) in [6.45, 7) is 9.66. The number of piperazine rings is 1. The maximum atomic E-state index is 10.4. The van der Waals surface area contributed by atoms with Crippen LogP contribution in [0.5, 0.6) is 11.8 Å². The molecule has 6 rings (SSSR count). The minimum atomic E-state index is 0.0114. The van der Waals surface area contributed by atoms with E-state index in [4.69, 9.17) is 19.4 Å². The topological polar surface area (TPSA) is 83.0 Å². The molecule has 0 radical (unpaired) electrons. The van der Waals surface area contributed by atoms with Crippen molar-refractivity contribution in [1.29, 1.82) is 0 Å². The van der Waals surface area contributed by atoms with Crippen molar-refractivity contribution in [2.45, 2.75) is 88.8 Å². The number of benzene rings is 1. The van der Waals surface area contributed by atoms with Gasteiger partial charge in [0.15, 0.2) is 0 Å². The third-order valence-electron chi connectivity index (χ3n) is 9.65. The number of fused-ring (bicyclic) bond motifs is 3. The Morgan fingerprint density at radius 1 is 1.10 bits per heavy atom. The molecule has 1 aromatic carbocycles. The number of hydrogen-bond donors (Lipinski definition) is 2. The Balaban J connectivity index is 1.36. The number of anilines is 1. The standard InChI is InChI=1S/C31H45N5O3/c1-21(2)35-14-5-7-23(35)20-39-30-33-28-17-31(11-4-6-22-8-9-25(37)16-27(22)31)12-10-26(28)29(34-30)36-15-13-32-18-24(36)19-38-3/h8-9,16,21,23-24,32,37H,4-7,10-15,17-20H2,1-3H3/t23-,24+,31?/m0/s1. The molecule has 212 valence electrons. The lowest BCUT2D eigenvalue weighted by atomic mass is 9.62. The van der Waals surface area contributed by atoms with Gasteiger partial charge in [-0.05, 0) is 95.0 Å². The number of nitrogens with one attached hydrogen (secondary N) is 1. The van der Waals surface area contributed by atoms with Gasteiger partial charge in [0.2, 0.25) is 0 Å². The predicted octanol–water partition coefficient (Wildman–Crippen LogP) is 3.62. The van der Waals surface area contributed by atoms with Gasteiger partial charge < -0.3 is 24.8 Å². The number of phenols is 1. The fraction of sp³-hybridized carbons (Fsp3) is 0.677. The quantitative estimate of drug-likeness (QED) is 0.556. The molecule has 2 saturated heterocycles. The molecule has 3 heterocycles. The van der Waals surface area contributed by atoms with E-state index in [9.17, 15) is 5.11 Å². The third kappa shape index (κ3) is 5.23. The summed E-state index contributed by atoms with van der Waals surface area (Å²) in [5.41, 5.74) is 5.11. The normalized spacial score (nSPS) is 27.1. The summed E-state index contributed by atoms with van der Waals surface area (Å²) in [5.74, 6) is 1.40. The molecule has 1 unspecified atom stereocenters. The highest BCUT2D eigenvalue weighted by molar-refractivity contribution is 5.55. The van der Waals surface area contributed by atoms with Gasteiger partial charge in [0.05, 0.1) is 18.3 Å². The van der Waals surface area contributed by atoms with Crippen molar-refractivity contribution in [3.63, 3.8) is 0 Å². The number of aromatic hydroxyl groups is 1. The zero-order valence-electron chi connectivity index (χ0n) is 23.9. The second kappa shape index (κ2) is 11.2. The Morgan fingerprint density at radius 2 is 2.00 bits per heavy atom. The lowest BCUT2D eigenvalue weighted by Crippen LogP contribution is -2.54. The van der Waals surface area contributed by atoms with E-state index in [1.165, 1.54) is 29.5 Å². The van der Waals surface area contributed by atoms with Gasteiger partial charge in [0.25, 0.3) is 0 Å². The van der Waals surface area contributed by atoms with Crippen molar-refractivity contribution >= 4 is 5.82 Å². The SMILES string of the molecule is COC[C@H]1CNCCN1c1nc(OC[C@@H]2CCCN2C(C)C)nc2c1CCC1(CCCc3ccc(O)cc31)C2. The number of aryl methyl sites for hydroxylation is 1. The highest BCUT2D eigenvalue weighted by atomic mass is 16.5. The van der Waals surface area contributed by atoms with Gasteiger partial charge in [-0.1, -0.05) is 6.07 Å². The fourth-order valence-electron chi connectivity index (χ4n) is 7.71. The van der Waals surface area contributed by atoms with Crippen LogP contribution in [0.4, 0.5) is 5.82 Å². The molecule has 2 fully saturated rings. The highest BCUT2D eigenvalue weighted by Crippen LogP contribution is 2.48. The van der Waals surface area contributed by atoms with Gasteiger partial charge in [-0.25, -0.2) is 0 Å². The molecule has 39 heavy (non-hydrogen) atoms. The van der Waals surface area contributed by atoms with Crippen LogP contribution >= 0.6 is 0 Å². The Bertz CT molecular complexity index is 1170. The van der Waals surface area contributed by atoms with Crippen molar-refractivity contribution < 1.29 is 14.6 Å². The third-order valence-corrected chi connectivity index (χ3v) is 9.65. The van der Waals surface area contributed by atoms with E-state index < -0.39 is 0 Å². The molecular weight excluding hydrogens is 490 g/mol. The first-order valence-electron chi connectivity index (χ1n) is 15.0. The lowest BCUT2D eigenvalue weighted by molar-refractivity contribution is 0.137. The first-order chi connectivity index (χ1) is 19.0. The van der Waals surface area contributed by atoms with E-state index in [2.05, 4.69) is 35.0 Å². The second-order valence-electron chi connectivity index (χ2n) is 12.4. The van der Waals surface area contributed by atoms with Crippen molar-refractivity contribution in [1.82, 2.24) is 20.2 Å². The number of methoxy groups -OCH3 is 1. The maximum absolute atomic E-state index is 10.4. The summed E-state index contributed by atoms with van der Waals surface area (Å²) in [7, 11) is 1.78. The molecule has 1 aromatic heterocycles. The molecule has 8 nitrogen and oxygen atoms in total. The lowest BCUT2D eigenvalue weighted by Gasteiger charge is -2.44. The zero-order valence-corrected chi connectivity index (χ0v) is 23.9. The smallest absolute Gasteiger partial charge is 0.318 e. The molecule has 0 amide bonds. The second-order valence-corrected chi connectivity index (χ2v) is 12.4. The molecule has 2 aliphatic heterocycles. The Labute approximate surface area is 233 Å². The van der Waals surface area contributed by atoms with Crippen molar-refractivity contribution in [2.24, 2.45) is 0 Å². The zero-order chi connectivity index (χ0) is 27.0. The van der Waals surface area contributed by atoms with Gasteiger partial charge in [0, 0.05) is 49.8 Å². The average Bonchev–Trinajstić information content (AvgIpc) is 3.42. The number of nitrogens with zero attached hydrogens (tertiary/aromatic N) is 4. The molecule has 2 aliphatic carbocycles. The Morgan fingerprint density at radius 3 is 2.85 bits per heavy atom. The minimum absolute atomic E-state index is 0.0114. The number of likely N-dealkylation sites (tertiary alicyclic amines) is 1. The molecule has 8 heteroatoms. The van der Waals surface area contributed by atoms with Gasteiger partial charge in [-0.2, -0.15) is 9.97 Å². The van der Waals surface area contributed by atoms with Crippen LogP contribution in [0.15, 0.2) is 18.2 Å². The molecule has 4 aliphatic rings. The number of aromatic nitrogens is 2. The number of hydrogen-bond acceptors (Lipinski definition) is 8. The number of ether oxygens (including phenoxy) is 2. The van der Waals surface area contributed by atoms with E-state index in [1.807, 2.05) is 12.1 Å². The molecule has 3 atom stereocenters. The first-order valence-corrected chi connectivity index (χ1v) is 15.0. The largest absolute Gasteiger partial charge is 0.508 e. The summed E-state index contributed by atoms with van der Waals surface area (Å²) in [6, 6.07) is 7.64. The van der Waals surface area contributed by atoms with Crippen LogP contribution < -0.4 is 15.0 Å². The average molecular weight is 536 g/mol. The molecule has 2 N–H and O–H groups in total. The minimum Gasteiger partial charge on any atom is -0.508 e. The Kier molecular flexibility index (Phi) is 7.71. The van der Waals surface area contributed by atoms with Crippen LogP contribution in [0.3, 0.4) is 0 Å². The van der Waals surface area contributed by atoms with Crippen LogP contribution in [-0.4, -0.2) is 84.6 Å². The van der Waals surface area contributed by atoms with E-state index in [0.717, 1.165) is 76.2 Å². The van der Waals surface area contributed by atoms with Crippen molar-refractivity contribution in [2.75, 3.05) is 51.4 Å². The van der Waals surface area contributed by atoms with E-state index in [-0.39, 0.29) is 11.5 Å². The molecular formula is C31H45N5O3. The predicted molar refractivity (Wildman–Crippen MR) is 153 cm³/mol. The van der Waals surface area contributed by atoms with Gasteiger partial charge in [-0.15, -0.1) is 0 Å². The van der Waals surface area contributed by atoms with E-state index >= 15 is 0 Å². The van der Waals surface area contributed by atoms with E-state index in [0.29, 0.717) is 37.1 Å². The van der Waals surface area contributed by atoms with Crippen LogP contribution in [0.1, 0.15) is 68.3 Å². The number of phenolic OH excluding ortho intramolecular Hbond substituents is 1. The van der Waals surface area contributed by atoms with Gasteiger partial charge >= 0.3 is 6.01 Å². The summed E-state index contributed by atoms with van der Waals surface area (Å²) in [5, 5.41) is 13.9. The van der Waals surface area contributed by atoms with Crippen LogP contribution in [0.25, 0.3) is 0 Å². The fourth-order valence-corrected chi connectivity index (χ4v) is 7.71. The molecule has 2 aromatic rings. The summed E-state index contributed by atoms with van der Waals surface area (Å²) < 4.78 is 12.1. The van der Waals surface area contributed by atoms with Gasteiger partial charge in [0.1, 0.15) is 18.2 Å². The maximum Gasteiger partial charge on any atom is 0.318 e. The van der Waals surface area contributed by atoms with Gasteiger partial charge in [-0.3, -0.25) is 4.90 Å². The highest BCUT2D eigenvalue weighted by Gasteiger charge is 2.42. The Hall–Kier alpha value is -2.42. The molecule has 0 bridgehead atoms. The molecule has 0 saturated carbocycles. The number of rotatable bonds is 7. The van der Waals surface area contributed by atoms with E-state index in [1.54, 1.807) is 7.11 Å². The molecule has 1 spiro atoms. The van der Waals surface area contributed by atoms with Crippen LogP contribution in [0, 0.1) is 0 Å². The monoisotopic (exact) mass is 535 g/mol. The first kappa shape index (κ1) is 26.8. The van der Waals surface area contributed by atoms with Crippen LogP contribution in [-0.2, 0) is 29.4 Å². The van der Waals surface area contributed by atoms with Crippen molar-refractivity contribution in [3.8, 4) is 11.8 Å². The summed E-state index contributed by atoms with van der Waals surface area (Å²) in [4.78, 5) is 15.2. The van der Waals surface area contributed by atoms with Crippen LogP contribution in [0.2, 0.25) is 0 Å².